The zero-order valence-corrected chi connectivity index (χ0v) is 15.5. The molecule has 2 N–H and O–H groups in total. The third-order valence-corrected chi connectivity index (χ3v) is 5.71. The monoisotopic (exact) mass is 378 g/mol. The summed E-state index contributed by atoms with van der Waals surface area (Å²) >= 11 is 1.60. The maximum absolute atomic E-state index is 11.9. The van der Waals surface area contributed by atoms with Gasteiger partial charge in [0.1, 0.15) is 0 Å². The predicted octanol–water partition coefficient (Wildman–Crippen LogP) is 2.40. The molecule has 5 nitrogen and oxygen atoms in total. The second-order valence-electron chi connectivity index (χ2n) is 5.39. The first kappa shape index (κ1) is 19.5. The van der Waals surface area contributed by atoms with E-state index in [-0.39, 0.29) is 24.7 Å². The Morgan fingerprint density at radius 2 is 1.60 bits per heavy atom. The van der Waals surface area contributed by atoms with Crippen LogP contribution in [0.15, 0.2) is 65.6 Å². The highest BCUT2D eigenvalue weighted by Crippen LogP contribution is 2.17. The van der Waals surface area contributed by atoms with Crippen molar-refractivity contribution in [2.45, 2.75) is 17.9 Å². The Balaban J connectivity index is 1.61. The number of benzene rings is 2. The molecular formula is C18H22N2O3S2. The second-order valence-corrected chi connectivity index (χ2v) is 8.48. The Morgan fingerprint density at radius 3 is 2.28 bits per heavy atom. The van der Waals surface area contributed by atoms with Gasteiger partial charge in [-0.2, -0.15) is 0 Å². The minimum Gasteiger partial charge on any atom is -0.355 e. The SMILES string of the molecule is O=C(CCSc1ccccc1)NCCS(=O)(=O)NCc1ccccc1. The van der Waals surface area contributed by atoms with Gasteiger partial charge in [0, 0.05) is 30.2 Å². The van der Waals surface area contributed by atoms with E-state index in [0.29, 0.717) is 12.2 Å². The third kappa shape index (κ3) is 8.20. The zero-order valence-electron chi connectivity index (χ0n) is 13.9. The van der Waals surface area contributed by atoms with Crippen molar-refractivity contribution in [2.75, 3.05) is 18.1 Å². The molecule has 134 valence electrons. The van der Waals surface area contributed by atoms with Crippen LogP contribution in [-0.4, -0.2) is 32.4 Å². The lowest BCUT2D eigenvalue weighted by Crippen LogP contribution is -2.34. The van der Waals surface area contributed by atoms with Gasteiger partial charge in [0.15, 0.2) is 0 Å². The molecule has 0 aliphatic carbocycles. The second kappa shape index (κ2) is 10.2. The van der Waals surface area contributed by atoms with Gasteiger partial charge in [0.2, 0.25) is 15.9 Å². The summed E-state index contributed by atoms with van der Waals surface area (Å²) in [5.74, 6) is 0.397. The fourth-order valence-electron chi connectivity index (χ4n) is 2.05. The Kier molecular flexibility index (Phi) is 7.97. The van der Waals surface area contributed by atoms with Gasteiger partial charge in [-0.3, -0.25) is 4.79 Å². The van der Waals surface area contributed by atoms with Crippen molar-refractivity contribution in [2.24, 2.45) is 0 Å². The van der Waals surface area contributed by atoms with Gasteiger partial charge < -0.3 is 5.32 Å². The predicted molar refractivity (Wildman–Crippen MR) is 102 cm³/mol. The van der Waals surface area contributed by atoms with Crippen molar-refractivity contribution >= 4 is 27.7 Å². The van der Waals surface area contributed by atoms with Crippen LogP contribution in [0.5, 0.6) is 0 Å². The maximum Gasteiger partial charge on any atom is 0.220 e. The lowest BCUT2D eigenvalue weighted by Gasteiger charge is -2.08. The quantitative estimate of drug-likeness (QED) is 0.623. The van der Waals surface area contributed by atoms with Gasteiger partial charge in [-0.25, -0.2) is 13.1 Å². The van der Waals surface area contributed by atoms with E-state index < -0.39 is 10.0 Å². The van der Waals surface area contributed by atoms with E-state index in [4.69, 9.17) is 0 Å². The van der Waals surface area contributed by atoms with E-state index in [0.717, 1.165) is 10.5 Å². The van der Waals surface area contributed by atoms with Crippen LogP contribution in [0.3, 0.4) is 0 Å². The lowest BCUT2D eigenvalue weighted by atomic mass is 10.2. The fraction of sp³-hybridized carbons (Fsp3) is 0.278. The normalized spacial score (nSPS) is 11.2. The standard InChI is InChI=1S/C18H22N2O3S2/c21-18(11-13-24-17-9-5-2-6-10-17)19-12-14-25(22,23)20-15-16-7-3-1-4-8-16/h1-10,20H,11-15H2,(H,19,21). The molecule has 0 aliphatic rings. The van der Waals surface area contributed by atoms with Crippen molar-refractivity contribution in [1.82, 2.24) is 10.0 Å². The number of rotatable bonds is 10. The fourth-order valence-corrected chi connectivity index (χ4v) is 3.83. The third-order valence-electron chi connectivity index (χ3n) is 3.37. The molecule has 0 aliphatic heterocycles. The summed E-state index contributed by atoms with van der Waals surface area (Å²) in [6.45, 7) is 0.365. The summed E-state index contributed by atoms with van der Waals surface area (Å²) < 4.78 is 26.4. The molecule has 0 spiro atoms. The molecule has 0 radical (unpaired) electrons. The molecule has 2 aromatic carbocycles. The van der Waals surface area contributed by atoms with Crippen LogP contribution in [-0.2, 0) is 21.4 Å². The van der Waals surface area contributed by atoms with E-state index in [2.05, 4.69) is 10.0 Å². The number of sulfonamides is 1. The molecule has 2 rings (SSSR count). The van der Waals surface area contributed by atoms with Crippen LogP contribution in [0.1, 0.15) is 12.0 Å². The van der Waals surface area contributed by atoms with E-state index >= 15 is 0 Å². The average molecular weight is 379 g/mol. The summed E-state index contributed by atoms with van der Waals surface area (Å²) in [6.07, 6.45) is 0.358. The van der Waals surface area contributed by atoms with E-state index in [1.165, 1.54) is 0 Å². The molecule has 0 atom stereocenters. The van der Waals surface area contributed by atoms with E-state index in [1.54, 1.807) is 11.8 Å². The largest absolute Gasteiger partial charge is 0.355 e. The van der Waals surface area contributed by atoms with E-state index in [9.17, 15) is 13.2 Å². The number of carbonyl (C=O) groups excluding carboxylic acids is 1. The molecule has 7 heteroatoms. The molecule has 0 fully saturated rings. The summed E-state index contributed by atoms with van der Waals surface area (Å²) in [5, 5.41) is 2.65. The summed E-state index contributed by atoms with van der Waals surface area (Å²) in [4.78, 5) is 12.9. The van der Waals surface area contributed by atoms with Gasteiger partial charge >= 0.3 is 0 Å². The van der Waals surface area contributed by atoms with E-state index in [1.807, 2.05) is 60.7 Å². The molecule has 0 saturated carbocycles. The minimum absolute atomic E-state index is 0.110. The Labute approximate surface area is 153 Å². The Morgan fingerprint density at radius 1 is 0.960 bits per heavy atom. The van der Waals surface area contributed by atoms with Gasteiger partial charge in [-0.05, 0) is 17.7 Å². The Bertz CT molecular complexity index is 750. The number of carbonyl (C=O) groups is 1. The van der Waals surface area contributed by atoms with Crippen LogP contribution in [0.2, 0.25) is 0 Å². The summed E-state index contributed by atoms with van der Waals surface area (Å²) in [6, 6.07) is 19.1. The highest BCUT2D eigenvalue weighted by Gasteiger charge is 2.10. The van der Waals surface area contributed by atoms with Crippen molar-refractivity contribution < 1.29 is 13.2 Å². The van der Waals surface area contributed by atoms with Gasteiger partial charge in [-0.1, -0.05) is 48.5 Å². The highest BCUT2D eigenvalue weighted by molar-refractivity contribution is 7.99. The van der Waals surface area contributed by atoms with Gasteiger partial charge in [0.25, 0.3) is 0 Å². The first-order chi connectivity index (χ1) is 12.1. The lowest BCUT2D eigenvalue weighted by molar-refractivity contribution is -0.120. The summed E-state index contributed by atoms with van der Waals surface area (Å²) in [5.41, 5.74) is 0.896. The first-order valence-corrected chi connectivity index (χ1v) is 10.6. The van der Waals surface area contributed by atoms with Crippen LogP contribution >= 0.6 is 11.8 Å². The van der Waals surface area contributed by atoms with Crippen LogP contribution in [0.4, 0.5) is 0 Å². The number of hydrogen-bond acceptors (Lipinski definition) is 4. The number of thioether (sulfide) groups is 1. The zero-order chi connectivity index (χ0) is 18.0. The smallest absolute Gasteiger partial charge is 0.220 e. The van der Waals surface area contributed by atoms with Crippen molar-refractivity contribution in [3.05, 3.63) is 66.2 Å². The van der Waals surface area contributed by atoms with Gasteiger partial charge in [-0.15, -0.1) is 11.8 Å². The van der Waals surface area contributed by atoms with Crippen LogP contribution in [0.25, 0.3) is 0 Å². The molecule has 0 bridgehead atoms. The molecule has 0 saturated heterocycles. The molecule has 1 amide bonds. The summed E-state index contributed by atoms with van der Waals surface area (Å²) in [7, 11) is -3.41. The Hall–Kier alpha value is -1.83. The van der Waals surface area contributed by atoms with Crippen molar-refractivity contribution in [3.63, 3.8) is 0 Å². The van der Waals surface area contributed by atoms with Gasteiger partial charge in [0.05, 0.1) is 5.75 Å². The molecule has 2 aromatic rings. The van der Waals surface area contributed by atoms with Crippen LogP contribution < -0.4 is 10.0 Å². The number of amides is 1. The highest BCUT2D eigenvalue weighted by atomic mass is 32.2. The molecular weight excluding hydrogens is 356 g/mol. The molecule has 0 unspecified atom stereocenters. The van der Waals surface area contributed by atoms with Crippen molar-refractivity contribution in [3.8, 4) is 0 Å². The maximum atomic E-state index is 11.9. The molecule has 25 heavy (non-hydrogen) atoms. The number of hydrogen-bond donors (Lipinski definition) is 2. The minimum atomic E-state index is -3.41. The number of nitrogens with one attached hydrogen (secondary N) is 2. The van der Waals surface area contributed by atoms with Crippen LogP contribution in [0, 0.1) is 0 Å². The molecule has 0 aromatic heterocycles. The average Bonchev–Trinajstić information content (AvgIpc) is 2.62. The van der Waals surface area contributed by atoms with Crippen molar-refractivity contribution in [1.29, 1.82) is 0 Å². The topological polar surface area (TPSA) is 75.3 Å². The molecule has 0 heterocycles. The first-order valence-electron chi connectivity index (χ1n) is 8.01.